The normalized spacial score (nSPS) is 14.9. The van der Waals surface area contributed by atoms with Crippen molar-refractivity contribution in [2.75, 3.05) is 0 Å². The van der Waals surface area contributed by atoms with Gasteiger partial charge in [0, 0.05) is 16.8 Å². The molecule has 0 spiro atoms. The number of aliphatic carboxylic acids is 1. The monoisotopic (exact) mass is 347 g/mol. The highest BCUT2D eigenvalue weighted by atomic mass is 16.4. The highest BCUT2D eigenvalue weighted by Gasteiger charge is 2.18. The molecule has 0 aliphatic heterocycles. The van der Waals surface area contributed by atoms with Gasteiger partial charge in [-0.1, -0.05) is 78.9 Å². The number of hydrogen-bond acceptors (Lipinski definition) is 4. The Balaban J connectivity index is 0.000000209. The van der Waals surface area contributed by atoms with Crippen LogP contribution in [-0.4, -0.2) is 28.4 Å². The summed E-state index contributed by atoms with van der Waals surface area (Å²) in [4.78, 5) is 33.9. The first kappa shape index (κ1) is 18.7. The number of carboxylic acid groups (broad SMARTS) is 1. The van der Waals surface area contributed by atoms with Crippen LogP contribution in [0.2, 0.25) is 0 Å². The number of carboxylic acids is 1. The molecule has 0 heterocycles. The van der Waals surface area contributed by atoms with Crippen LogP contribution in [0.15, 0.2) is 85.0 Å². The number of carbonyl (C=O) groups is 3. The number of carbonyl (C=O) groups excluding carboxylic acids is 2. The third-order valence-corrected chi connectivity index (χ3v) is 3.57. The van der Waals surface area contributed by atoms with Gasteiger partial charge in [-0.2, -0.15) is 0 Å². The van der Waals surface area contributed by atoms with Gasteiger partial charge in [-0.05, 0) is 6.08 Å². The third-order valence-electron chi connectivity index (χ3n) is 3.57. The van der Waals surface area contributed by atoms with E-state index < -0.39 is 23.5 Å². The highest BCUT2D eigenvalue weighted by molar-refractivity contribution is 6.49. The Hall–Kier alpha value is -3.60. The first-order valence-electron chi connectivity index (χ1n) is 7.86. The van der Waals surface area contributed by atoms with Crippen molar-refractivity contribution < 1.29 is 19.5 Å². The molecule has 2 aromatic rings. The number of nitrogens with one attached hydrogen (secondary N) is 1. The lowest BCUT2D eigenvalue weighted by Gasteiger charge is -2.07. The van der Waals surface area contributed by atoms with E-state index in [2.05, 4.69) is 0 Å². The largest absolute Gasteiger partial charge is 0.481 e. The molecule has 0 amide bonds. The maximum absolute atomic E-state index is 11.8. The van der Waals surface area contributed by atoms with E-state index in [1.54, 1.807) is 60.7 Å². The fourth-order valence-electron chi connectivity index (χ4n) is 2.20. The fraction of sp³-hybridized carbons (Fsp3) is 0.0476. The van der Waals surface area contributed by atoms with Gasteiger partial charge < -0.3 is 10.5 Å². The predicted molar refractivity (Wildman–Crippen MR) is 98.7 cm³/mol. The lowest BCUT2D eigenvalue weighted by atomic mass is 9.99. The molecule has 5 nitrogen and oxygen atoms in total. The molecule has 0 bridgehead atoms. The van der Waals surface area contributed by atoms with E-state index in [0.29, 0.717) is 11.1 Å². The summed E-state index contributed by atoms with van der Waals surface area (Å²) in [5.74, 6) is -2.64. The second-order valence-electron chi connectivity index (χ2n) is 5.41. The zero-order chi connectivity index (χ0) is 18.9. The predicted octanol–water partition coefficient (Wildman–Crippen LogP) is 3.59. The molecule has 0 fully saturated rings. The SMILES string of the molecule is N=C1C=CC=CC1C(=O)O.O=C(C(=O)c1ccccc1)c1ccccc1. The maximum Gasteiger partial charge on any atom is 0.316 e. The van der Waals surface area contributed by atoms with Gasteiger partial charge >= 0.3 is 5.97 Å². The quantitative estimate of drug-likeness (QED) is 0.653. The van der Waals surface area contributed by atoms with Gasteiger partial charge in [0.2, 0.25) is 11.6 Å². The first-order chi connectivity index (χ1) is 12.5. The molecule has 0 radical (unpaired) electrons. The minimum absolute atomic E-state index is 0.134. The van der Waals surface area contributed by atoms with Crippen LogP contribution in [0, 0.1) is 11.3 Å². The lowest BCUT2D eigenvalue weighted by Crippen LogP contribution is -2.20. The number of rotatable bonds is 4. The number of allylic oxidation sites excluding steroid dienone is 3. The zero-order valence-electron chi connectivity index (χ0n) is 13.8. The van der Waals surface area contributed by atoms with E-state index in [9.17, 15) is 14.4 Å². The van der Waals surface area contributed by atoms with Gasteiger partial charge in [-0.25, -0.2) is 0 Å². The Labute approximate surface area is 150 Å². The van der Waals surface area contributed by atoms with Crippen LogP contribution < -0.4 is 0 Å². The Morgan fingerprint density at radius 1 is 0.769 bits per heavy atom. The van der Waals surface area contributed by atoms with Gasteiger partial charge in [-0.15, -0.1) is 0 Å². The van der Waals surface area contributed by atoms with Crippen molar-refractivity contribution in [1.29, 1.82) is 5.41 Å². The van der Waals surface area contributed by atoms with Crippen molar-refractivity contribution in [3.05, 3.63) is 96.1 Å². The second-order valence-corrected chi connectivity index (χ2v) is 5.41. The fourth-order valence-corrected chi connectivity index (χ4v) is 2.20. The molecule has 1 aliphatic rings. The topological polar surface area (TPSA) is 95.3 Å². The Morgan fingerprint density at radius 2 is 1.23 bits per heavy atom. The summed E-state index contributed by atoms with van der Waals surface area (Å²) in [6.07, 6.45) is 6.27. The van der Waals surface area contributed by atoms with Crippen molar-refractivity contribution in [2.24, 2.45) is 5.92 Å². The van der Waals surface area contributed by atoms with Crippen molar-refractivity contribution in [1.82, 2.24) is 0 Å². The molecule has 0 saturated carbocycles. The van der Waals surface area contributed by atoms with Crippen LogP contribution in [-0.2, 0) is 4.79 Å². The van der Waals surface area contributed by atoms with Crippen LogP contribution in [0.5, 0.6) is 0 Å². The summed E-state index contributed by atoms with van der Waals surface area (Å²) in [7, 11) is 0. The standard InChI is InChI=1S/C14H10O2.C7H7NO2/c15-13(11-7-3-1-4-8-11)14(16)12-9-5-2-6-10-12;8-6-4-2-1-3-5(6)7(9)10/h1-10H;1-5,8H,(H,9,10). The Kier molecular flexibility index (Phi) is 6.51. The first-order valence-corrected chi connectivity index (χ1v) is 7.86. The summed E-state index contributed by atoms with van der Waals surface area (Å²) in [5.41, 5.74) is 0.989. The summed E-state index contributed by atoms with van der Waals surface area (Å²) in [6, 6.07) is 17.2. The molecule has 5 heteroatoms. The summed E-state index contributed by atoms with van der Waals surface area (Å²) < 4.78 is 0. The van der Waals surface area contributed by atoms with Gasteiger partial charge in [0.05, 0.1) is 0 Å². The molecule has 3 rings (SSSR count). The van der Waals surface area contributed by atoms with E-state index in [0.717, 1.165) is 0 Å². The number of Topliss-reactive ketones (excluding diaryl/α,β-unsaturated/α-hetero) is 2. The second kappa shape index (κ2) is 9.03. The van der Waals surface area contributed by atoms with Crippen LogP contribution in [0.25, 0.3) is 0 Å². The Morgan fingerprint density at radius 3 is 1.58 bits per heavy atom. The molecule has 1 atom stereocenters. The van der Waals surface area contributed by atoms with Crippen molar-refractivity contribution in [2.45, 2.75) is 0 Å². The van der Waals surface area contributed by atoms with E-state index >= 15 is 0 Å². The average Bonchev–Trinajstić information content (AvgIpc) is 2.69. The van der Waals surface area contributed by atoms with Crippen LogP contribution in [0.4, 0.5) is 0 Å². The summed E-state index contributed by atoms with van der Waals surface area (Å²) in [6.45, 7) is 0. The molecular weight excluding hydrogens is 330 g/mol. The molecule has 130 valence electrons. The van der Waals surface area contributed by atoms with Gasteiger partial charge in [-0.3, -0.25) is 14.4 Å². The zero-order valence-corrected chi connectivity index (χ0v) is 13.8. The van der Waals surface area contributed by atoms with E-state index in [4.69, 9.17) is 10.5 Å². The third kappa shape index (κ3) is 4.95. The van der Waals surface area contributed by atoms with Crippen molar-refractivity contribution in [3.63, 3.8) is 0 Å². The van der Waals surface area contributed by atoms with Gasteiger partial charge in [0.1, 0.15) is 5.92 Å². The lowest BCUT2D eigenvalue weighted by molar-refractivity contribution is -0.138. The highest BCUT2D eigenvalue weighted by Crippen LogP contribution is 2.08. The molecule has 1 aliphatic carbocycles. The van der Waals surface area contributed by atoms with E-state index in [1.807, 2.05) is 12.1 Å². The average molecular weight is 347 g/mol. The smallest absolute Gasteiger partial charge is 0.316 e. The van der Waals surface area contributed by atoms with Gasteiger partial charge in [0.25, 0.3) is 0 Å². The minimum Gasteiger partial charge on any atom is -0.481 e. The van der Waals surface area contributed by atoms with Crippen LogP contribution >= 0.6 is 0 Å². The number of ketones is 2. The molecule has 2 N–H and O–H groups in total. The Bertz CT molecular complexity index is 818. The van der Waals surface area contributed by atoms with Crippen molar-refractivity contribution in [3.8, 4) is 0 Å². The van der Waals surface area contributed by atoms with Gasteiger partial charge in [0.15, 0.2) is 0 Å². The molecular formula is C21H17NO4. The van der Waals surface area contributed by atoms with E-state index in [-0.39, 0.29) is 5.71 Å². The van der Waals surface area contributed by atoms with Crippen molar-refractivity contribution >= 4 is 23.2 Å². The van der Waals surface area contributed by atoms with E-state index in [1.165, 1.54) is 12.2 Å². The minimum atomic E-state index is -0.967. The molecule has 1 unspecified atom stereocenters. The molecule has 0 aromatic heterocycles. The van der Waals surface area contributed by atoms with Crippen LogP contribution in [0.1, 0.15) is 20.7 Å². The van der Waals surface area contributed by atoms with Crippen LogP contribution in [0.3, 0.4) is 0 Å². The summed E-state index contributed by atoms with van der Waals surface area (Å²) in [5, 5.41) is 15.6. The number of hydrogen-bond donors (Lipinski definition) is 2. The summed E-state index contributed by atoms with van der Waals surface area (Å²) >= 11 is 0. The molecule has 2 aromatic carbocycles. The molecule has 26 heavy (non-hydrogen) atoms. The number of benzene rings is 2. The maximum atomic E-state index is 11.8. The molecule has 0 saturated heterocycles.